The maximum Gasteiger partial charge on any atom is 0.319 e. The summed E-state index contributed by atoms with van der Waals surface area (Å²) in [6.07, 6.45) is 0.918. The number of hydrogen-bond donors (Lipinski definition) is 2. The molecule has 0 atom stereocenters. The molecule has 7 heteroatoms. The van der Waals surface area contributed by atoms with E-state index in [2.05, 4.69) is 31.5 Å². The van der Waals surface area contributed by atoms with Crippen LogP contribution in [0.5, 0.6) is 0 Å². The molecule has 1 fully saturated rings. The number of benzene rings is 1. The fraction of sp³-hybridized carbons (Fsp3) is 0.500. The zero-order chi connectivity index (χ0) is 15.1. The van der Waals surface area contributed by atoms with Crippen LogP contribution in [0, 0.1) is 0 Å². The second-order valence-electron chi connectivity index (χ2n) is 4.81. The Morgan fingerprint density at radius 2 is 2.14 bits per heavy atom. The minimum Gasteiger partial charge on any atom is -0.379 e. The summed E-state index contributed by atoms with van der Waals surface area (Å²) in [7, 11) is 0. The molecule has 0 unspecified atom stereocenters. The SMILES string of the molecule is O=C(NCCCN1CCOCC1)Nc1ccc(Br)cc1Cl. The first-order valence-electron chi connectivity index (χ1n) is 6.95. The topological polar surface area (TPSA) is 53.6 Å². The van der Waals surface area contributed by atoms with Crippen LogP contribution in [0.3, 0.4) is 0 Å². The van der Waals surface area contributed by atoms with Gasteiger partial charge in [-0.2, -0.15) is 0 Å². The number of morpholine rings is 1. The van der Waals surface area contributed by atoms with Crippen LogP contribution in [0.1, 0.15) is 6.42 Å². The lowest BCUT2D eigenvalue weighted by molar-refractivity contribution is 0.0375. The van der Waals surface area contributed by atoms with Gasteiger partial charge in [-0.3, -0.25) is 4.90 Å². The van der Waals surface area contributed by atoms with E-state index in [1.165, 1.54) is 0 Å². The quantitative estimate of drug-likeness (QED) is 0.777. The van der Waals surface area contributed by atoms with E-state index in [0.717, 1.165) is 43.7 Å². The van der Waals surface area contributed by atoms with Gasteiger partial charge in [-0.15, -0.1) is 0 Å². The monoisotopic (exact) mass is 375 g/mol. The Morgan fingerprint density at radius 1 is 1.38 bits per heavy atom. The van der Waals surface area contributed by atoms with Crippen molar-refractivity contribution in [3.05, 3.63) is 27.7 Å². The Morgan fingerprint density at radius 3 is 2.86 bits per heavy atom. The molecular weight excluding hydrogens is 358 g/mol. The summed E-state index contributed by atoms with van der Waals surface area (Å²) in [6.45, 7) is 5.16. The first-order valence-corrected chi connectivity index (χ1v) is 8.12. The Bertz CT molecular complexity index is 481. The molecule has 2 rings (SSSR count). The number of nitrogens with zero attached hydrogens (tertiary/aromatic N) is 1. The molecule has 21 heavy (non-hydrogen) atoms. The molecule has 1 saturated heterocycles. The fourth-order valence-electron chi connectivity index (χ4n) is 2.09. The normalized spacial score (nSPS) is 15.7. The van der Waals surface area contributed by atoms with Gasteiger partial charge in [-0.25, -0.2) is 4.79 Å². The highest BCUT2D eigenvalue weighted by atomic mass is 79.9. The Balaban J connectivity index is 1.65. The minimum atomic E-state index is -0.235. The van der Waals surface area contributed by atoms with E-state index in [4.69, 9.17) is 16.3 Å². The van der Waals surface area contributed by atoms with Gasteiger partial charge in [-0.1, -0.05) is 27.5 Å². The van der Waals surface area contributed by atoms with Gasteiger partial charge in [0.1, 0.15) is 0 Å². The second-order valence-corrected chi connectivity index (χ2v) is 6.14. The van der Waals surface area contributed by atoms with Crippen LogP contribution < -0.4 is 10.6 Å². The molecule has 2 amide bonds. The number of amides is 2. The van der Waals surface area contributed by atoms with Gasteiger partial charge in [0.15, 0.2) is 0 Å². The van der Waals surface area contributed by atoms with Crippen molar-refractivity contribution < 1.29 is 9.53 Å². The fourth-order valence-corrected chi connectivity index (χ4v) is 2.81. The van der Waals surface area contributed by atoms with Gasteiger partial charge in [-0.05, 0) is 31.2 Å². The molecule has 1 heterocycles. The van der Waals surface area contributed by atoms with Crippen molar-refractivity contribution in [2.45, 2.75) is 6.42 Å². The Kier molecular flexibility index (Phi) is 6.76. The number of hydrogen-bond acceptors (Lipinski definition) is 3. The summed E-state index contributed by atoms with van der Waals surface area (Å²) < 4.78 is 6.17. The third kappa shape index (κ3) is 5.82. The van der Waals surface area contributed by atoms with Crippen LogP contribution in [-0.2, 0) is 4.74 Å². The lowest BCUT2D eigenvalue weighted by Crippen LogP contribution is -2.38. The van der Waals surface area contributed by atoms with Crippen LogP contribution in [0.4, 0.5) is 10.5 Å². The van der Waals surface area contributed by atoms with Crippen molar-refractivity contribution in [1.82, 2.24) is 10.2 Å². The molecule has 5 nitrogen and oxygen atoms in total. The first kappa shape index (κ1) is 16.5. The third-order valence-corrected chi connectivity index (χ3v) is 4.03. The molecule has 0 saturated carbocycles. The standard InChI is InChI=1S/C14H19BrClN3O2/c15-11-2-3-13(12(16)10-11)18-14(20)17-4-1-5-19-6-8-21-9-7-19/h2-3,10H,1,4-9H2,(H2,17,18,20). The van der Waals surface area contributed by atoms with Crippen molar-refractivity contribution in [3.63, 3.8) is 0 Å². The number of carbonyl (C=O) groups is 1. The molecule has 1 aliphatic heterocycles. The number of ether oxygens (including phenoxy) is 1. The predicted molar refractivity (Wildman–Crippen MR) is 88.0 cm³/mol. The zero-order valence-electron chi connectivity index (χ0n) is 11.7. The highest BCUT2D eigenvalue weighted by molar-refractivity contribution is 9.10. The summed E-state index contributed by atoms with van der Waals surface area (Å²) in [6, 6.07) is 5.11. The minimum absolute atomic E-state index is 0.235. The van der Waals surface area contributed by atoms with E-state index in [-0.39, 0.29) is 6.03 Å². The number of rotatable bonds is 5. The summed E-state index contributed by atoms with van der Waals surface area (Å²) in [5.74, 6) is 0. The molecule has 0 bridgehead atoms. The van der Waals surface area contributed by atoms with Crippen LogP contribution in [0.25, 0.3) is 0 Å². The zero-order valence-corrected chi connectivity index (χ0v) is 14.0. The lowest BCUT2D eigenvalue weighted by Gasteiger charge is -2.26. The largest absolute Gasteiger partial charge is 0.379 e. The van der Waals surface area contributed by atoms with Crippen molar-refractivity contribution in [3.8, 4) is 0 Å². The Hall–Kier alpha value is -0.820. The van der Waals surface area contributed by atoms with Crippen LogP contribution in [0.2, 0.25) is 5.02 Å². The molecule has 2 N–H and O–H groups in total. The Labute approximate surface area is 138 Å². The number of urea groups is 1. The number of halogens is 2. The average molecular weight is 377 g/mol. The molecule has 0 radical (unpaired) electrons. The number of carbonyl (C=O) groups excluding carboxylic acids is 1. The van der Waals surface area contributed by atoms with E-state index < -0.39 is 0 Å². The lowest BCUT2D eigenvalue weighted by atomic mass is 10.3. The predicted octanol–water partition coefficient (Wildman–Crippen LogP) is 2.95. The van der Waals surface area contributed by atoms with Gasteiger partial charge in [0.2, 0.25) is 0 Å². The van der Waals surface area contributed by atoms with E-state index in [0.29, 0.717) is 17.3 Å². The number of anilines is 1. The van der Waals surface area contributed by atoms with E-state index in [1.807, 2.05) is 6.07 Å². The van der Waals surface area contributed by atoms with Crippen molar-refractivity contribution in [2.75, 3.05) is 44.7 Å². The third-order valence-electron chi connectivity index (χ3n) is 3.22. The van der Waals surface area contributed by atoms with Crippen molar-refractivity contribution >= 4 is 39.2 Å². The van der Waals surface area contributed by atoms with E-state index >= 15 is 0 Å². The maximum absolute atomic E-state index is 11.8. The van der Waals surface area contributed by atoms with E-state index in [9.17, 15) is 4.79 Å². The smallest absolute Gasteiger partial charge is 0.319 e. The average Bonchev–Trinajstić information content (AvgIpc) is 2.48. The highest BCUT2D eigenvalue weighted by Crippen LogP contribution is 2.25. The number of nitrogens with one attached hydrogen (secondary N) is 2. The molecule has 0 aliphatic carbocycles. The van der Waals surface area contributed by atoms with Crippen LogP contribution >= 0.6 is 27.5 Å². The van der Waals surface area contributed by atoms with Gasteiger partial charge < -0.3 is 15.4 Å². The first-order chi connectivity index (χ1) is 10.1. The van der Waals surface area contributed by atoms with Crippen LogP contribution in [0.15, 0.2) is 22.7 Å². The molecule has 0 aromatic heterocycles. The van der Waals surface area contributed by atoms with Gasteiger partial charge >= 0.3 is 6.03 Å². The van der Waals surface area contributed by atoms with Gasteiger partial charge in [0, 0.05) is 24.1 Å². The summed E-state index contributed by atoms with van der Waals surface area (Å²) >= 11 is 9.37. The molecule has 1 aromatic carbocycles. The molecule has 116 valence electrons. The molecule has 1 aromatic rings. The highest BCUT2D eigenvalue weighted by Gasteiger charge is 2.10. The molecule has 0 spiro atoms. The van der Waals surface area contributed by atoms with Gasteiger partial charge in [0.05, 0.1) is 23.9 Å². The summed E-state index contributed by atoms with van der Waals surface area (Å²) in [4.78, 5) is 14.1. The summed E-state index contributed by atoms with van der Waals surface area (Å²) in [5.41, 5.74) is 0.602. The maximum atomic E-state index is 11.8. The van der Waals surface area contributed by atoms with Crippen molar-refractivity contribution in [1.29, 1.82) is 0 Å². The van der Waals surface area contributed by atoms with Crippen LogP contribution in [-0.4, -0.2) is 50.3 Å². The second kappa shape index (κ2) is 8.58. The van der Waals surface area contributed by atoms with Crippen molar-refractivity contribution in [2.24, 2.45) is 0 Å². The van der Waals surface area contributed by atoms with E-state index in [1.54, 1.807) is 12.1 Å². The van der Waals surface area contributed by atoms with Gasteiger partial charge in [0.25, 0.3) is 0 Å². The molecule has 1 aliphatic rings. The molecular formula is C14H19BrClN3O2. The summed E-state index contributed by atoms with van der Waals surface area (Å²) in [5, 5.41) is 6.08.